The Balaban J connectivity index is 2.43. The molecule has 1 aliphatic heterocycles. The van der Waals surface area contributed by atoms with E-state index in [2.05, 4.69) is 9.11 Å². The largest absolute Gasteiger partial charge is 0.480 e. The number of hydrogen-bond acceptors (Lipinski definition) is 7. The average molecular weight is 320 g/mol. The van der Waals surface area contributed by atoms with E-state index in [1.54, 1.807) is 0 Å². The molecule has 0 aliphatic carbocycles. The molecular formula is C10H12N2O6S2. The number of methoxy groups -OCH3 is 1. The van der Waals surface area contributed by atoms with Crippen LogP contribution in [0.5, 0.6) is 0 Å². The maximum Gasteiger partial charge on any atom is 0.359 e. The Hall–Kier alpha value is -1.52. The Morgan fingerprint density at radius 1 is 1.55 bits per heavy atom. The lowest BCUT2D eigenvalue weighted by Crippen LogP contribution is -2.40. The van der Waals surface area contributed by atoms with Crippen LogP contribution in [0, 0.1) is 0 Å². The molecule has 0 amide bonds. The third-order valence-electron chi connectivity index (χ3n) is 2.99. The van der Waals surface area contributed by atoms with E-state index in [1.165, 1.54) is 5.38 Å². The third-order valence-corrected chi connectivity index (χ3v) is 5.69. The molecule has 8 nitrogen and oxygen atoms in total. The summed E-state index contributed by atoms with van der Waals surface area (Å²) in [4.78, 5) is 22.3. The fourth-order valence-corrected chi connectivity index (χ4v) is 4.78. The minimum Gasteiger partial charge on any atom is -0.480 e. The van der Waals surface area contributed by atoms with Crippen LogP contribution in [0.15, 0.2) is 10.3 Å². The van der Waals surface area contributed by atoms with Gasteiger partial charge in [0.15, 0.2) is 5.69 Å². The highest BCUT2D eigenvalue weighted by atomic mass is 32.2. The first-order chi connectivity index (χ1) is 9.39. The SMILES string of the molecule is COC(=O)c1nscc1S(=O)(=O)N1CCCC1C(=O)O. The molecule has 0 radical (unpaired) electrons. The fraction of sp³-hybridized carbons (Fsp3) is 0.500. The Morgan fingerprint density at radius 3 is 2.85 bits per heavy atom. The molecule has 1 saturated heterocycles. The van der Waals surface area contributed by atoms with Crippen LogP contribution in [0.1, 0.15) is 23.3 Å². The predicted octanol–water partition coefficient (Wildman–Crippen LogP) is 0.167. The molecule has 110 valence electrons. The van der Waals surface area contributed by atoms with Crippen molar-refractivity contribution in [2.75, 3.05) is 13.7 Å². The highest BCUT2D eigenvalue weighted by Crippen LogP contribution is 2.29. The van der Waals surface area contributed by atoms with E-state index in [1.807, 2.05) is 0 Å². The second kappa shape index (κ2) is 5.46. The molecule has 1 unspecified atom stereocenters. The van der Waals surface area contributed by atoms with Crippen molar-refractivity contribution in [1.82, 2.24) is 8.68 Å². The van der Waals surface area contributed by atoms with Crippen LogP contribution in [0.3, 0.4) is 0 Å². The minimum absolute atomic E-state index is 0.107. The summed E-state index contributed by atoms with van der Waals surface area (Å²) in [5, 5.41) is 10.3. The molecule has 0 saturated carbocycles. The van der Waals surface area contributed by atoms with Crippen LogP contribution in [0.4, 0.5) is 0 Å². The third kappa shape index (κ3) is 2.41. The van der Waals surface area contributed by atoms with Crippen molar-refractivity contribution in [2.45, 2.75) is 23.8 Å². The highest BCUT2D eigenvalue weighted by molar-refractivity contribution is 7.89. The van der Waals surface area contributed by atoms with Gasteiger partial charge in [0.05, 0.1) is 7.11 Å². The van der Waals surface area contributed by atoms with Gasteiger partial charge in [0.2, 0.25) is 10.0 Å². The maximum absolute atomic E-state index is 12.5. The molecule has 2 rings (SSSR count). The number of carboxylic acid groups (broad SMARTS) is 1. The van der Waals surface area contributed by atoms with Gasteiger partial charge in [0.1, 0.15) is 10.9 Å². The van der Waals surface area contributed by atoms with Crippen LogP contribution in [0.25, 0.3) is 0 Å². The molecule has 1 aromatic rings. The van der Waals surface area contributed by atoms with Crippen molar-refractivity contribution in [3.05, 3.63) is 11.1 Å². The number of carboxylic acids is 1. The van der Waals surface area contributed by atoms with Crippen molar-refractivity contribution in [1.29, 1.82) is 0 Å². The van der Waals surface area contributed by atoms with Crippen LogP contribution in [-0.4, -0.2) is 53.8 Å². The van der Waals surface area contributed by atoms with Crippen molar-refractivity contribution in [3.8, 4) is 0 Å². The van der Waals surface area contributed by atoms with E-state index in [0.717, 1.165) is 22.9 Å². The molecule has 1 atom stereocenters. The molecule has 1 aromatic heterocycles. The van der Waals surface area contributed by atoms with Gasteiger partial charge < -0.3 is 9.84 Å². The molecule has 0 aromatic carbocycles. The minimum atomic E-state index is -4.08. The first-order valence-electron chi connectivity index (χ1n) is 5.67. The van der Waals surface area contributed by atoms with E-state index in [-0.39, 0.29) is 23.6 Å². The zero-order valence-electron chi connectivity index (χ0n) is 10.5. The number of esters is 1. The van der Waals surface area contributed by atoms with Gasteiger partial charge >= 0.3 is 11.9 Å². The van der Waals surface area contributed by atoms with Gasteiger partial charge in [0, 0.05) is 11.9 Å². The van der Waals surface area contributed by atoms with Gasteiger partial charge in [-0.3, -0.25) is 4.79 Å². The number of ether oxygens (including phenoxy) is 1. The van der Waals surface area contributed by atoms with Gasteiger partial charge in [0.25, 0.3) is 0 Å². The van der Waals surface area contributed by atoms with Crippen LogP contribution < -0.4 is 0 Å². The van der Waals surface area contributed by atoms with E-state index in [9.17, 15) is 18.0 Å². The lowest BCUT2D eigenvalue weighted by molar-refractivity contribution is -0.140. The van der Waals surface area contributed by atoms with E-state index >= 15 is 0 Å². The average Bonchev–Trinajstić information content (AvgIpc) is 3.06. The van der Waals surface area contributed by atoms with E-state index in [0.29, 0.717) is 6.42 Å². The Kier molecular flexibility index (Phi) is 4.06. The number of rotatable bonds is 4. The van der Waals surface area contributed by atoms with Gasteiger partial charge in [-0.25, -0.2) is 13.2 Å². The van der Waals surface area contributed by atoms with E-state index < -0.39 is 28.0 Å². The fourth-order valence-electron chi connectivity index (χ4n) is 2.05. The summed E-state index contributed by atoms with van der Waals surface area (Å²) in [6.45, 7) is 0.107. The molecule has 20 heavy (non-hydrogen) atoms. The monoisotopic (exact) mass is 320 g/mol. The second-order valence-corrected chi connectivity index (χ2v) is 6.62. The Bertz CT molecular complexity index is 638. The molecule has 1 N–H and O–H groups in total. The summed E-state index contributed by atoms with van der Waals surface area (Å²) in [5.74, 6) is -2.07. The van der Waals surface area contributed by atoms with Gasteiger partial charge in [-0.05, 0) is 24.4 Å². The maximum atomic E-state index is 12.5. The molecule has 1 aliphatic rings. The number of carbonyl (C=O) groups is 2. The number of hydrogen-bond donors (Lipinski definition) is 1. The standard InChI is InChI=1S/C10H12N2O6S2/c1-18-10(15)8-7(5-19-11-8)20(16,17)12-4-2-3-6(12)9(13)14/h5-6H,2-4H2,1H3,(H,13,14). The first kappa shape index (κ1) is 14.9. The highest BCUT2D eigenvalue weighted by Gasteiger charge is 2.41. The predicted molar refractivity (Wildman–Crippen MR) is 68.0 cm³/mol. The van der Waals surface area contributed by atoms with Gasteiger partial charge in [-0.2, -0.15) is 8.68 Å². The number of nitrogens with zero attached hydrogens (tertiary/aromatic N) is 2. The molecule has 10 heteroatoms. The van der Waals surface area contributed by atoms with Crippen molar-refractivity contribution in [3.63, 3.8) is 0 Å². The number of sulfonamides is 1. The van der Waals surface area contributed by atoms with Crippen LogP contribution >= 0.6 is 11.5 Å². The van der Waals surface area contributed by atoms with Crippen LogP contribution in [0.2, 0.25) is 0 Å². The van der Waals surface area contributed by atoms with Crippen molar-refractivity contribution >= 4 is 33.5 Å². The smallest absolute Gasteiger partial charge is 0.359 e. The molecule has 1 fully saturated rings. The molecule has 2 heterocycles. The summed E-state index contributed by atoms with van der Waals surface area (Å²) >= 11 is 0.801. The lowest BCUT2D eigenvalue weighted by atomic mass is 10.2. The Labute approximate surface area is 119 Å². The summed E-state index contributed by atoms with van der Waals surface area (Å²) in [6, 6.07) is -1.11. The molecule has 0 spiro atoms. The summed E-state index contributed by atoms with van der Waals surface area (Å²) in [6.07, 6.45) is 0.709. The molecular weight excluding hydrogens is 308 g/mol. The molecule has 0 bridgehead atoms. The van der Waals surface area contributed by atoms with Gasteiger partial charge in [-0.1, -0.05) is 0 Å². The summed E-state index contributed by atoms with van der Waals surface area (Å²) < 4.78 is 34.0. The Morgan fingerprint density at radius 2 is 2.25 bits per heavy atom. The number of carbonyl (C=O) groups excluding carboxylic acids is 1. The topological polar surface area (TPSA) is 114 Å². The summed E-state index contributed by atoms with van der Waals surface area (Å²) in [5.41, 5.74) is -0.312. The lowest BCUT2D eigenvalue weighted by Gasteiger charge is -2.20. The van der Waals surface area contributed by atoms with Crippen molar-refractivity contribution in [2.24, 2.45) is 0 Å². The zero-order valence-corrected chi connectivity index (χ0v) is 12.1. The quantitative estimate of drug-likeness (QED) is 0.786. The van der Waals surface area contributed by atoms with Crippen molar-refractivity contribution < 1.29 is 27.9 Å². The number of aliphatic carboxylic acids is 1. The number of aromatic nitrogens is 1. The normalized spacial score (nSPS) is 19.9. The second-order valence-electron chi connectivity index (χ2n) is 4.13. The van der Waals surface area contributed by atoms with Gasteiger partial charge in [-0.15, -0.1) is 0 Å². The van der Waals surface area contributed by atoms with Crippen LogP contribution in [-0.2, 0) is 19.6 Å². The first-order valence-corrected chi connectivity index (χ1v) is 7.94. The summed E-state index contributed by atoms with van der Waals surface area (Å²) in [7, 11) is -2.96. The van der Waals surface area contributed by atoms with E-state index in [4.69, 9.17) is 5.11 Å². The zero-order chi connectivity index (χ0) is 14.9.